The Morgan fingerprint density at radius 1 is 1.13 bits per heavy atom. The Hall–Kier alpha value is -2.57. The molecule has 1 heterocycles. The summed E-state index contributed by atoms with van der Waals surface area (Å²) in [5.74, 6) is -0.595. The first-order valence-electron chi connectivity index (χ1n) is 7.17. The molecule has 1 aliphatic heterocycles. The fourth-order valence-electron chi connectivity index (χ4n) is 2.46. The number of esters is 2. The van der Waals surface area contributed by atoms with Crippen molar-refractivity contribution in [1.82, 2.24) is 4.90 Å². The van der Waals surface area contributed by atoms with E-state index < -0.39 is 24.3 Å². The highest BCUT2D eigenvalue weighted by atomic mass is 16.6. The van der Waals surface area contributed by atoms with Gasteiger partial charge in [-0.25, -0.2) is 0 Å². The molecule has 2 atom stereocenters. The Kier molecular flexibility index (Phi) is 5.20. The molecule has 1 aromatic rings. The number of hydrogen-bond donors (Lipinski definition) is 0. The van der Waals surface area contributed by atoms with Crippen molar-refractivity contribution in [1.29, 1.82) is 0 Å². The lowest BCUT2D eigenvalue weighted by Crippen LogP contribution is -2.41. The number of benzene rings is 1. The number of carbonyl (C=O) groups is 3. The van der Waals surface area contributed by atoms with Gasteiger partial charge in [-0.2, -0.15) is 0 Å². The minimum absolute atomic E-state index is 0.00627. The normalized spacial score (nSPS) is 20.3. The maximum atomic E-state index is 12.2. The molecule has 1 amide bonds. The number of likely N-dealkylation sites (tertiary alicyclic amines) is 1. The summed E-state index contributed by atoms with van der Waals surface area (Å²) in [5, 5.41) is 0. The van der Waals surface area contributed by atoms with Gasteiger partial charge in [-0.05, 0) is 17.7 Å². The highest BCUT2D eigenvalue weighted by Gasteiger charge is 2.44. The van der Waals surface area contributed by atoms with E-state index in [0.717, 1.165) is 5.56 Å². The second-order valence-electron chi connectivity index (χ2n) is 5.22. The molecule has 0 aromatic heterocycles. The lowest BCUT2D eigenvalue weighted by atomic mass is 10.2. The van der Waals surface area contributed by atoms with Crippen molar-refractivity contribution in [3.63, 3.8) is 0 Å². The molecule has 0 bridgehead atoms. The van der Waals surface area contributed by atoms with Crippen LogP contribution in [0.1, 0.15) is 25.8 Å². The predicted octanol–water partition coefficient (Wildman–Crippen LogP) is 1.25. The highest BCUT2D eigenvalue weighted by Crippen LogP contribution is 2.26. The second kappa shape index (κ2) is 7.13. The van der Waals surface area contributed by atoms with Crippen LogP contribution in [-0.4, -0.2) is 42.2 Å². The van der Waals surface area contributed by atoms with Crippen molar-refractivity contribution < 1.29 is 28.6 Å². The number of nitrogens with zero attached hydrogens (tertiary/aromatic N) is 1. The fraction of sp³-hybridized carbons (Fsp3) is 0.438. The Labute approximate surface area is 134 Å². The van der Waals surface area contributed by atoms with E-state index in [9.17, 15) is 14.4 Å². The summed E-state index contributed by atoms with van der Waals surface area (Å²) in [4.78, 5) is 36.1. The first-order chi connectivity index (χ1) is 10.9. The van der Waals surface area contributed by atoms with E-state index in [-0.39, 0.29) is 18.9 Å². The molecule has 0 radical (unpaired) electrons. The Balaban J connectivity index is 2.17. The molecule has 0 spiro atoms. The van der Waals surface area contributed by atoms with Crippen LogP contribution in [0, 0.1) is 0 Å². The van der Waals surface area contributed by atoms with Gasteiger partial charge in [0.05, 0.1) is 13.5 Å². The average molecular weight is 321 g/mol. The molecule has 0 N–H and O–H groups in total. The number of amides is 1. The quantitative estimate of drug-likeness (QED) is 0.759. The molecule has 0 saturated carbocycles. The topological polar surface area (TPSA) is 82.1 Å². The van der Waals surface area contributed by atoms with Crippen molar-refractivity contribution in [2.45, 2.75) is 39.1 Å². The SMILES string of the molecule is COc1ccc(CN2C(=O)C[C@H](OC(C)=O)C2OC(C)=O)cc1. The number of methoxy groups -OCH3 is 1. The van der Waals surface area contributed by atoms with Crippen molar-refractivity contribution in [2.75, 3.05) is 7.11 Å². The molecule has 1 unspecified atom stereocenters. The standard InChI is InChI=1S/C16H19NO6/c1-10(18)22-14-8-15(20)17(16(14)23-11(2)19)9-12-4-6-13(21-3)7-5-12/h4-7,14,16H,8-9H2,1-3H3/t14-,16?/m0/s1. The number of carbonyl (C=O) groups excluding carboxylic acids is 3. The van der Waals surface area contributed by atoms with Gasteiger partial charge in [0.25, 0.3) is 0 Å². The van der Waals surface area contributed by atoms with E-state index >= 15 is 0 Å². The fourth-order valence-corrected chi connectivity index (χ4v) is 2.46. The van der Waals surface area contributed by atoms with Gasteiger partial charge in [0.2, 0.25) is 12.1 Å². The first-order valence-corrected chi connectivity index (χ1v) is 7.17. The minimum Gasteiger partial charge on any atom is -0.497 e. The van der Waals surface area contributed by atoms with Crippen LogP contribution in [0.5, 0.6) is 5.75 Å². The molecule has 1 fully saturated rings. The molecule has 7 heteroatoms. The molecular weight excluding hydrogens is 302 g/mol. The van der Waals surface area contributed by atoms with E-state index in [2.05, 4.69) is 0 Å². The van der Waals surface area contributed by atoms with Crippen LogP contribution >= 0.6 is 0 Å². The maximum absolute atomic E-state index is 12.2. The van der Waals surface area contributed by atoms with Crippen LogP contribution in [0.3, 0.4) is 0 Å². The lowest BCUT2D eigenvalue weighted by Gasteiger charge is -2.27. The number of ether oxygens (including phenoxy) is 3. The van der Waals surface area contributed by atoms with Gasteiger partial charge >= 0.3 is 11.9 Å². The molecule has 7 nitrogen and oxygen atoms in total. The zero-order chi connectivity index (χ0) is 17.0. The van der Waals surface area contributed by atoms with E-state index in [1.54, 1.807) is 19.2 Å². The highest BCUT2D eigenvalue weighted by molar-refractivity contribution is 5.81. The van der Waals surface area contributed by atoms with Crippen molar-refractivity contribution in [2.24, 2.45) is 0 Å². The molecule has 0 aliphatic carbocycles. The summed E-state index contributed by atoms with van der Waals surface area (Å²) in [6, 6.07) is 7.19. The smallest absolute Gasteiger partial charge is 0.304 e. The number of rotatable bonds is 5. The van der Waals surface area contributed by atoms with Crippen LogP contribution in [0.4, 0.5) is 0 Å². The molecule has 1 aliphatic rings. The van der Waals surface area contributed by atoms with Crippen LogP contribution in [-0.2, 0) is 30.4 Å². The summed E-state index contributed by atoms with van der Waals surface area (Å²) in [5.41, 5.74) is 0.847. The van der Waals surface area contributed by atoms with Crippen molar-refractivity contribution >= 4 is 17.8 Å². The molecular formula is C16H19NO6. The van der Waals surface area contributed by atoms with E-state index in [0.29, 0.717) is 5.75 Å². The van der Waals surface area contributed by atoms with Gasteiger partial charge < -0.3 is 14.2 Å². The van der Waals surface area contributed by atoms with Crippen molar-refractivity contribution in [3.8, 4) is 5.75 Å². The summed E-state index contributed by atoms with van der Waals surface area (Å²) < 4.78 is 15.4. The van der Waals surface area contributed by atoms with Gasteiger partial charge in [-0.15, -0.1) is 0 Å². The van der Waals surface area contributed by atoms with Crippen LogP contribution in [0.2, 0.25) is 0 Å². The lowest BCUT2D eigenvalue weighted by molar-refractivity contribution is -0.174. The van der Waals surface area contributed by atoms with Gasteiger partial charge in [0.1, 0.15) is 5.75 Å². The Morgan fingerprint density at radius 3 is 2.26 bits per heavy atom. The zero-order valence-corrected chi connectivity index (χ0v) is 13.3. The Bertz CT molecular complexity index is 597. The molecule has 124 valence electrons. The monoisotopic (exact) mass is 321 g/mol. The number of hydrogen-bond acceptors (Lipinski definition) is 6. The van der Waals surface area contributed by atoms with Gasteiger partial charge in [-0.3, -0.25) is 19.3 Å². The van der Waals surface area contributed by atoms with Crippen LogP contribution in [0.25, 0.3) is 0 Å². The summed E-state index contributed by atoms with van der Waals surface area (Å²) in [7, 11) is 1.57. The average Bonchev–Trinajstić information content (AvgIpc) is 2.75. The van der Waals surface area contributed by atoms with Gasteiger partial charge in [0, 0.05) is 20.4 Å². The van der Waals surface area contributed by atoms with Gasteiger partial charge in [-0.1, -0.05) is 12.1 Å². The predicted molar refractivity (Wildman–Crippen MR) is 79.3 cm³/mol. The largest absolute Gasteiger partial charge is 0.497 e. The van der Waals surface area contributed by atoms with E-state index in [1.807, 2.05) is 12.1 Å². The molecule has 1 aromatic carbocycles. The molecule has 23 heavy (non-hydrogen) atoms. The zero-order valence-electron chi connectivity index (χ0n) is 13.3. The van der Waals surface area contributed by atoms with Crippen LogP contribution < -0.4 is 4.74 Å². The second-order valence-corrected chi connectivity index (χ2v) is 5.22. The maximum Gasteiger partial charge on any atom is 0.304 e. The summed E-state index contributed by atoms with van der Waals surface area (Å²) in [6.45, 7) is 2.75. The molecule has 2 rings (SSSR count). The van der Waals surface area contributed by atoms with Gasteiger partial charge in [0.15, 0.2) is 6.10 Å². The summed E-state index contributed by atoms with van der Waals surface area (Å²) >= 11 is 0. The third kappa shape index (κ3) is 4.21. The third-order valence-electron chi connectivity index (χ3n) is 3.44. The van der Waals surface area contributed by atoms with E-state index in [1.165, 1.54) is 18.7 Å². The first kappa shape index (κ1) is 16.8. The molecule has 1 saturated heterocycles. The van der Waals surface area contributed by atoms with Crippen LogP contribution in [0.15, 0.2) is 24.3 Å². The Morgan fingerprint density at radius 2 is 1.74 bits per heavy atom. The third-order valence-corrected chi connectivity index (χ3v) is 3.44. The van der Waals surface area contributed by atoms with E-state index in [4.69, 9.17) is 14.2 Å². The summed E-state index contributed by atoms with van der Waals surface area (Å²) in [6.07, 6.45) is -1.71. The minimum atomic E-state index is -0.911. The van der Waals surface area contributed by atoms with Crippen molar-refractivity contribution in [3.05, 3.63) is 29.8 Å².